The Bertz CT molecular complexity index is 743. The van der Waals surface area contributed by atoms with Gasteiger partial charge in [0.1, 0.15) is 5.69 Å². The molecule has 0 aliphatic heterocycles. The minimum atomic E-state index is -2.97. The minimum absolute atomic E-state index is 0.233. The molecule has 0 N–H and O–H groups in total. The highest BCUT2D eigenvalue weighted by atomic mass is 16.1. The van der Waals surface area contributed by atoms with Crippen LogP contribution in [0.4, 0.5) is 5.69 Å². The van der Waals surface area contributed by atoms with Crippen LogP contribution in [0.3, 0.4) is 0 Å². The maximum Gasteiger partial charge on any atom is 0.295 e. The predicted molar refractivity (Wildman–Crippen MR) is 70.1 cm³/mol. The summed E-state index contributed by atoms with van der Waals surface area (Å²) >= 11 is 0. The van der Waals surface area contributed by atoms with E-state index in [0.29, 0.717) is 5.69 Å². The summed E-state index contributed by atoms with van der Waals surface area (Å²) in [6.07, 6.45) is 0. The fraction of sp³-hybridized carbons (Fsp3) is 0.308. The molecule has 0 spiro atoms. The van der Waals surface area contributed by atoms with Gasteiger partial charge in [-0.3, -0.25) is 9.48 Å². The molecule has 0 aliphatic rings. The van der Waals surface area contributed by atoms with Gasteiger partial charge in [0.2, 0.25) is 0 Å². The van der Waals surface area contributed by atoms with Gasteiger partial charge in [-0.05, 0) is 19.1 Å². The van der Waals surface area contributed by atoms with Gasteiger partial charge < -0.3 is 4.90 Å². The highest BCUT2D eigenvalue weighted by Crippen LogP contribution is 2.15. The number of aromatic nitrogens is 2. The van der Waals surface area contributed by atoms with Crippen molar-refractivity contribution in [2.45, 2.75) is 6.92 Å². The van der Waals surface area contributed by atoms with Crippen molar-refractivity contribution in [2.24, 2.45) is 7.05 Å². The first kappa shape index (κ1) is 6.10. The van der Waals surface area contributed by atoms with E-state index in [1.165, 1.54) is 16.3 Å². The fourth-order valence-electron chi connectivity index (χ4n) is 1.81. The third kappa shape index (κ3) is 1.75. The van der Waals surface area contributed by atoms with Crippen LogP contribution in [0.15, 0.2) is 35.1 Å². The molecule has 0 atom stereocenters. The maximum atomic E-state index is 12.7. The first-order chi connectivity index (χ1) is 10.5. The van der Waals surface area contributed by atoms with E-state index in [1.807, 2.05) is 0 Å². The summed E-state index contributed by atoms with van der Waals surface area (Å²) in [5.74, 6) is 0. The third-order valence-corrected chi connectivity index (χ3v) is 2.75. The molecule has 1 aromatic carbocycles. The summed E-state index contributed by atoms with van der Waals surface area (Å²) in [6, 6.07) is 8.60. The van der Waals surface area contributed by atoms with E-state index in [2.05, 4.69) is 0 Å². The molecule has 1 heterocycles. The topological polar surface area (TPSA) is 30.2 Å². The van der Waals surface area contributed by atoms with E-state index in [9.17, 15) is 4.79 Å². The average molecular weight is 237 g/mol. The zero-order valence-corrected chi connectivity index (χ0v) is 9.64. The van der Waals surface area contributed by atoms with Crippen molar-refractivity contribution < 1.29 is 8.22 Å². The molecule has 1 aromatic heterocycles. The number of hydrogen-bond acceptors (Lipinski definition) is 2. The molecular weight excluding hydrogens is 214 g/mol. The van der Waals surface area contributed by atoms with Gasteiger partial charge in [-0.1, -0.05) is 18.2 Å². The second-order valence-corrected chi connectivity index (χ2v) is 3.75. The van der Waals surface area contributed by atoms with Crippen LogP contribution in [0.25, 0.3) is 5.69 Å². The lowest BCUT2D eigenvalue weighted by molar-refractivity contribution is 0.630. The second-order valence-electron chi connectivity index (χ2n) is 3.75. The standard InChI is InChI=1S/C13H17N3O/c1-10-12(14(2)3)13(17)16(15(10)4)11-8-6-5-7-9-11/h5-9H,1-4H3/i2D3,3D3. The number of nitrogens with zero attached hydrogens (tertiary/aromatic N) is 3. The number of anilines is 1. The van der Waals surface area contributed by atoms with Gasteiger partial charge >= 0.3 is 0 Å². The maximum absolute atomic E-state index is 12.7. The Labute approximate surface area is 109 Å². The zero-order valence-electron chi connectivity index (χ0n) is 15.6. The van der Waals surface area contributed by atoms with Crippen molar-refractivity contribution in [1.82, 2.24) is 9.36 Å². The summed E-state index contributed by atoms with van der Waals surface area (Å²) in [7, 11) is 1.57. The molecule has 4 heteroatoms. The Morgan fingerprint density at radius 1 is 1.24 bits per heavy atom. The number of para-hydroxylation sites is 1. The van der Waals surface area contributed by atoms with E-state index >= 15 is 0 Å². The largest absolute Gasteiger partial charge is 0.372 e. The summed E-state index contributed by atoms with van der Waals surface area (Å²) in [5, 5.41) is 0. The van der Waals surface area contributed by atoms with Crippen LogP contribution in [0, 0.1) is 6.92 Å². The van der Waals surface area contributed by atoms with Crippen LogP contribution in [0.2, 0.25) is 0 Å². The number of hydrogen-bond donors (Lipinski definition) is 0. The molecule has 0 aliphatic carbocycles. The SMILES string of the molecule is [2H]C([2H])([2H])N(c1c(C)n(C)n(-c2ccccc2)c1=O)C([2H])([2H])[2H]. The van der Waals surface area contributed by atoms with Crippen molar-refractivity contribution in [3.8, 4) is 5.69 Å². The normalized spacial score (nSPS) is 17.3. The van der Waals surface area contributed by atoms with Crippen molar-refractivity contribution >= 4 is 5.69 Å². The molecule has 0 fully saturated rings. The smallest absolute Gasteiger partial charge is 0.295 e. The predicted octanol–water partition coefficient (Wildman–Crippen LogP) is 1.55. The molecule has 4 nitrogen and oxygen atoms in total. The summed E-state index contributed by atoms with van der Waals surface area (Å²) in [6.45, 7) is -4.42. The fourth-order valence-corrected chi connectivity index (χ4v) is 1.81. The Kier molecular flexibility index (Phi) is 1.48. The lowest BCUT2D eigenvalue weighted by Crippen LogP contribution is -2.23. The molecule has 0 amide bonds. The van der Waals surface area contributed by atoms with Crippen LogP contribution in [0.5, 0.6) is 0 Å². The van der Waals surface area contributed by atoms with Crippen molar-refractivity contribution in [3.63, 3.8) is 0 Å². The minimum Gasteiger partial charge on any atom is -0.372 e. The van der Waals surface area contributed by atoms with Gasteiger partial charge in [0, 0.05) is 29.2 Å². The first-order valence-corrected chi connectivity index (χ1v) is 5.10. The highest BCUT2D eigenvalue weighted by Gasteiger charge is 2.16. The van der Waals surface area contributed by atoms with E-state index in [4.69, 9.17) is 8.22 Å². The van der Waals surface area contributed by atoms with Crippen LogP contribution in [-0.2, 0) is 7.05 Å². The lowest BCUT2D eigenvalue weighted by Gasteiger charge is -2.09. The van der Waals surface area contributed by atoms with Crippen molar-refractivity contribution in [2.75, 3.05) is 18.9 Å². The van der Waals surface area contributed by atoms with Crippen LogP contribution in [-0.4, -0.2) is 23.3 Å². The van der Waals surface area contributed by atoms with Gasteiger partial charge in [0.15, 0.2) is 0 Å². The molecule has 0 radical (unpaired) electrons. The van der Waals surface area contributed by atoms with E-state index in [0.717, 1.165) is 0 Å². The van der Waals surface area contributed by atoms with Gasteiger partial charge in [-0.15, -0.1) is 0 Å². The summed E-state index contributed by atoms with van der Waals surface area (Å²) in [4.78, 5) is 13.0. The van der Waals surface area contributed by atoms with E-state index in [1.54, 1.807) is 37.4 Å². The van der Waals surface area contributed by atoms with Gasteiger partial charge in [0.25, 0.3) is 5.56 Å². The van der Waals surface area contributed by atoms with Crippen LogP contribution < -0.4 is 10.5 Å². The first-order valence-electron chi connectivity index (χ1n) is 8.10. The third-order valence-electron chi connectivity index (χ3n) is 2.75. The van der Waals surface area contributed by atoms with Crippen LogP contribution in [0.1, 0.15) is 13.9 Å². The van der Waals surface area contributed by atoms with Gasteiger partial charge in [0.05, 0.1) is 11.4 Å². The molecule has 17 heavy (non-hydrogen) atoms. The second kappa shape index (κ2) is 4.13. The number of rotatable bonds is 2. The molecule has 0 bridgehead atoms. The summed E-state index contributed by atoms with van der Waals surface area (Å²) in [5.41, 5.74) is -0.267. The Balaban J connectivity index is 2.78. The lowest BCUT2D eigenvalue weighted by atomic mass is 10.3. The highest BCUT2D eigenvalue weighted by molar-refractivity contribution is 5.50. The molecular formula is C13H17N3O. The quantitative estimate of drug-likeness (QED) is 0.793. The van der Waals surface area contributed by atoms with Gasteiger partial charge in [-0.25, -0.2) is 4.68 Å². The van der Waals surface area contributed by atoms with Crippen molar-refractivity contribution in [1.29, 1.82) is 0 Å². The molecule has 0 saturated heterocycles. The molecule has 2 aromatic rings. The van der Waals surface area contributed by atoms with Crippen molar-refractivity contribution in [3.05, 3.63) is 46.4 Å². The monoisotopic (exact) mass is 237 g/mol. The molecule has 0 saturated carbocycles. The van der Waals surface area contributed by atoms with Crippen LogP contribution >= 0.6 is 0 Å². The zero-order chi connectivity index (χ0) is 17.6. The average Bonchev–Trinajstić information content (AvgIpc) is 2.61. The number of benzene rings is 1. The summed E-state index contributed by atoms with van der Waals surface area (Å²) < 4.78 is 47.7. The molecule has 2 rings (SSSR count). The van der Waals surface area contributed by atoms with E-state index in [-0.39, 0.29) is 16.3 Å². The molecule has 90 valence electrons. The van der Waals surface area contributed by atoms with E-state index < -0.39 is 19.5 Å². The van der Waals surface area contributed by atoms with Gasteiger partial charge in [-0.2, -0.15) is 0 Å². The Morgan fingerprint density at radius 2 is 1.88 bits per heavy atom. The Morgan fingerprint density at radius 3 is 2.47 bits per heavy atom. The Hall–Kier alpha value is -1.97. The molecule has 0 unspecified atom stereocenters.